The number of rotatable bonds is 21. The molecule has 0 aliphatic carbocycles. The normalized spacial score (nSPS) is 13.8. The third-order valence-corrected chi connectivity index (χ3v) is 6.97. The Morgan fingerprint density at radius 2 is 1.12 bits per heavy atom. The zero-order chi connectivity index (χ0) is 28.1. The summed E-state index contributed by atoms with van der Waals surface area (Å²) in [7, 11) is 0. The maximum Gasteiger partial charge on any atom is 0.116 e. The van der Waals surface area contributed by atoms with E-state index in [4.69, 9.17) is 14.2 Å². The highest BCUT2D eigenvalue weighted by Crippen LogP contribution is 2.18. The summed E-state index contributed by atoms with van der Waals surface area (Å²) in [6, 6.07) is 30.2. The fourth-order valence-corrected chi connectivity index (χ4v) is 4.63. The summed E-state index contributed by atoms with van der Waals surface area (Å²) in [5, 5.41) is 11.3. The molecule has 0 spiro atoms. The Balaban J connectivity index is 1.64. The van der Waals surface area contributed by atoms with Crippen molar-refractivity contribution in [1.82, 2.24) is 0 Å². The van der Waals surface area contributed by atoms with E-state index in [2.05, 4.69) is 31.2 Å². The van der Waals surface area contributed by atoms with E-state index in [-0.39, 0.29) is 6.61 Å². The first-order valence-electron chi connectivity index (χ1n) is 15.0. The first-order valence-corrected chi connectivity index (χ1v) is 15.0. The predicted octanol–water partition coefficient (Wildman–Crippen LogP) is 8.43. The average molecular weight is 545 g/mol. The highest BCUT2D eigenvalue weighted by atomic mass is 16.6. The first kappa shape index (κ1) is 31.8. The van der Waals surface area contributed by atoms with Crippen molar-refractivity contribution in [1.29, 1.82) is 0 Å². The van der Waals surface area contributed by atoms with Crippen LogP contribution in [0.25, 0.3) is 0 Å². The minimum atomic E-state index is -0.851. The SMILES string of the molecule is CCCCCCCCC/C=C/[C@@H](OCc1ccccc1)[C@H](OCc1ccccc1)[C@H](O)COCc1ccccc1. The summed E-state index contributed by atoms with van der Waals surface area (Å²) in [5.74, 6) is 0. The number of aliphatic hydroxyl groups is 1. The number of benzene rings is 3. The van der Waals surface area contributed by atoms with Crippen molar-refractivity contribution in [2.75, 3.05) is 6.61 Å². The van der Waals surface area contributed by atoms with Crippen LogP contribution in [-0.2, 0) is 34.0 Å². The number of ether oxygens (including phenoxy) is 3. The molecule has 0 aliphatic rings. The predicted molar refractivity (Wildman–Crippen MR) is 164 cm³/mol. The molecule has 216 valence electrons. The third kappa shape index (κ3) is 13.1. The summed E-state index contributed by atoms with van der Waals surface area (Å²) in [6.45, 7) is 3.68. The van der Waals surface area contributed by atoms with Gasteiger partial charge in [-0.15, -0.1) is 0 Å². The molecule has 3 aromatic rings. The van der Waals surface area contributed by atoms with Gasteiger partial charge in [-0.1, -0.05) is 149 Å². The van der Waals surface area contributed by atoms with Crippen molar-refractivity contribution in [3.05, 3.63) is 120 Å². The minimum Gasteiger partial charge on any atom is -0.388 e. The summed E-state index contributed by atoms with van der Waals surface area (Å²) in [6.07, 6.45) is 12.4. The van der Waals surface area contributed by atoms with Gasteiger partial charge in [-0.3, -0.25) is 0 Å². The van der Waals surface area contributed by atoms with Crippen LogP contribution in [0.3, 0.4) is 0 Å². The second kappa shape index (κ2) is 20.2. The molecular weight excluding hydrogens is 496 g/mol. The van der Waals surface area contributed by atoms with E-state index in [0.29, 0.717) is 19.8 Å². The molecular formula is C36H48O4. The second-order valence-corrected chi connectivity index (χ2v) is 10.4. The van der Waals surface area contributed by atoms with Crippen molar-refractivity contribution < 1.29 is 19.3 Å². The van der Waals surface area contributed by atoms with Crippen LogP contribution in [0.1, 0.15) is 75.0 Å². The Hall–Kier alpha value is -2.76. The zero-order valence-electron chi connectivity index (χ0n) is 24.2. The zero-order valence-corrected chi connectivity index (χ0v) is 24.2. The Morgan fingerprint density at radius 1 is 0.625 bits per heavy atom. The molecule has 4 nitrogen and oxygen atoms in total. The molecule has 0 saturated carbocycles. The van der Waals surface area contributed by atoms with E-state index >= 15 is 0 Å². The van der Waals surface area contributed by atoms with Gasteiger partial charge in [-0.25, -0.2) is 0 Å². The lowest BCUT2D eigenvalue weighted by atomic mass is 10.0. The lowest BCUT2D eigenvalue weighted by Crippen LogP contribution is -2.42. The van der Waals surface area contributed by atoms with Crippen molar-refractivity contribution >= 4 is 0 Å². The lowest BCUT2D eigenvalue weighted by molar-refractivity contribution is -0.133. The fraction of sp³-hybridized carbons (Fsp3) is 0.444. The molecule has 3 atom stereocenters. The van der Waals surface area contributed by atoms with Gasteiger partial charge < -0.3 is 19.3 Å². The molecule has 3 aromatic carbocycles. The molecule has 0 heterocycles. The lowest BCUT2D eigenvalue weighted by Gasteiger charge is -2.29. The molecule has 1 N–H and O–H groups in total. The fourth-order valence-electron chi connectivity index (χ4n) is 4.63. The molecule has 3 rings (SSSR count). The van der Waals surface area contributed by atoms with Crippen LogP contribution in [0.2, 0.25) is 0 Å². The number of unbranched alkanes of at least 4 members (excludes halogenated alkanes) is 7. The van der Waals surface area contributed by atoms with Crippen molar-refractivity contribution in [2.24, 2.45) is 0 Å². The average Bonchev–Trinajstić information content (AvgIpc) is 3.00. The minimum absolute atomic E-state index is 0.158. The van der Waals surface area contributed by atoms with Crippen LogP contribution in [0.5, 0.6) is 0 Å². The van der Waals surface area contributed by atoms with Crippen LogP contribution in [0.15, 0.2) is 103 Å². The smallest absolute Gasteiger partial charge is 0.116 e. The van der Waals surface area contributed by atoms with E-state index < -0.39 is 18.3 Å². The van der Waals surface area contributed by atoms with Gasteiger partial charge in [0.2, 0.25) is 0 Å². The van der Waals surface area contributed by atoms with E-state index in [1.54, 1.807) is 0 Å². The van der Waals surface area contributed by atoms with Gasteiger partial charge in [0.1, 0.15) is 18.3 Å². The highest BCUT2D eigenvalue weighted by molar-refractivity contribution is 5.15. The third-order valence-electron chi connectivity index (χ3n) is 6.97. The van der Waals surface area contributed by atoms with Crippen LogP contribution in [-0.4, -0.2) is 30.0 Å². The van der Waals surface area contributed by atoms with Crippen LogP contribution in [0.4, 0.5) is 0 Å². The Bertz CT molecular complexity index is 1020. The monoisotopic (exact) mass is 544 g/mol. The van der Waals surface area contributed by atoms with Gasteiger partial charge in [-0.05, 0) is 29.5 Å². The Morgan fingerprint density at radius 3 is 1.70 bits per heavy atom. The molecule has 0 aliphatic heterocycles. The maximum atomic E-state index is 11.3. The quantitative estimate of drug-likeness (QED) is 0.108. The molecule has 40 heavy (non-hydrogen) atoms. The van der Waals surface area contributed by atoms with Gasteiger partial charge in [-0.2, -0.15) is 0 Å². The summed E-state index contributed by atoms with van der Waals surface area (Å²) in [4.78, 5) is 0. The van der Waals surface area contributed by atoms with Gasteiger partial charge in [0.25, 0.3) is 0 Å². The number of hydrogen-bond acceptors (Lipinski definition) is 4. The van der Waals surface area contributed by atoms with Gasteiger partial charge in [0.05, 0.1) is 26.4 Å². The van der Waals surface area contributed by atoms with E-state index in [0.717, 1.165) is 29.5 Å². The van der Waals surface area contributed by atoms with E-state index in [1.165, 1.54) is 38.5 Å². The topological polar surface area (TPSA) is 47.9 Å². The van der Waals surface area contributed by atoms with Crippen molar-refractivity contribution in [3.63, 3.8) is 0 Å². The Labute approximate surface area is 242 Å². The molecule has 0 amide bonds. The second-order valence-electron chi connectivity index (χ2n) is 10.4. The maximum absolute atomic E-state index is 11.3. The number of hydrogen-bond donors (Lipinski definition) is 1. The van der Waals surface area contributed by atoms with Crippen LogP contribution >= 0.6 is 0 Å². The summed E-state index contributed by atoms with van der Waals surface area (Å²) in [5.41, 5.74) is 3.21. The van der Waals surface area contributed by atoms with E-state index in [1.807, 2.05) is 78.9 Å². The molecule has 0 radical (unpaired) electrons. The van der Waals surface area contributed by atoms with Gasteiger partial charge >= 0.3 is 0 Å². The molecule has 0 unspecified atom stereocenters. The standard InChI is InChI=1S/C36H48O4/c1-2-3-4-5-6-7-8-9-19-26-35(39-28-32-22-15-11-16-23-32)36(40-29-33-24-17-12-18-25-33)34(37)30-38-27-31-20-13-10-14-21-31/h10-26,34-37H,2-9,27-30H2,1H3/b26-19+/t34-,35-,36-/m1/s1. The van der Waals surface area contributed by atoms with Gasteiger partial charge in [0.15, 0.2) is 0 Å². The first-order chi connectivity index (χ1) is 19.8. The number of allylic oxidation sites excluding steroid dienone is 1. The van der Waals surface area contributed by atoms with Crippen molar-refractivity contribution in [3.8, 4) is 0 Å². The van der Waals surface area contributed by atoms with Gasteiger partial charge in [0, 0.05) is 0 Å². The molecule has 0 aromatic heterocycles. The molecule has 4 heteroatoms. The van der Waals surface area contributed by atoms with Crippen LogP contribution < -0.4 is 0 Å². The molecule has 0 bridgehead atoms. The summed E-state index contributed by atoms with van der Waals surface area (Å²) >= 11 is 0. The van der Waals surface area contributed by atoms with E-state index in [9.17, 15) is 5.11 Å². The Kier molecular flexibility index (Phi) is 16.0. The molecule has 0 saturated heterocycles. The highest BCUT2D eigenvalue weighted by Gasteiger charge is 2.29. The van der Waals surface area contributed by atoms with Crippen LogP contribution in [0, 0.1) is 0 Å². The number of aliphatic hydroxyl groups excluding tert-OH is 1. The summed E-state index contributed by atoms with van der Waals surface area (Å²) < 4.78 is 18.7. The van der Waals surface area contributed by atoms with Crippen molar-refractivity contribution in [2.45, 2.75) is 96.4 Å². The molecule has 0 fully saturated rings. The largest absolute Gasteiger partial charge is 0.388 e.